The van der Waals surface area contributed by atoms with Crippen LogP contribution >= 0.6 is 0 Å². The molecular formula is C9H12N4O3. The molecule has 2 aromatic heterocycles. The Hall–Kier alpha value is -2.05. The third kappa shape index (κ3) is 1.11. The maximum atomic E-state index is 11.7. The monoisotopic (exact) mass is 224 g/mol. The van der Waals surface area contributed by atoms with Gasteiger partial charge in [0.05, 0.1) is 7.11 Å². The first-order valence-electron chi connectivity index (χ1n) is 4.65. The second-order valence-electron chi connectivity index (χ2n) is 3.54. The highest BCUT2D eigenvalue weighted by Crippen LogP contribution is 2.11. The molecular weight excluding hydrogens is 212 g/mol. The van der Waals surface area contributed by atoms with E-state index in [1.54, 1.807) is 25.7 Å². The first-order valence-corrected chi connectivity index (χ1v) is 4.65. The number of imidazole rings is 1. The molecule has 86 valence electrons. The summed E-state index contributed by atoms with van der Waals surface area (Å²) in [7, 11) is 6.26. The Morgan fingerprint density at radius 1 is 1.06 bits per heavy atom. The summed E-state index contributed by atoms with van der Waals surface area (Å²) in [5.74, 6) is 0. The lowest BCUT2D eigenvalue weighted by Gasteiger charge is -2.07. The van der Waals surface area contributed by atoms with Crippen LogP contribution in [0.25, 0.3) is 11.2 Å². The zero-order valence-corrected chi connectivity index (χ0v) is 9.51. The van der Waals surface area contributed by atoms with E-state index in [-0.39, 0.29) is 17.2 Å². The van der Waals surface area contributed by atoms with E-state index >= 15 is 0 Å². The van der Waals surface area contributed by atoms with E-state index in [1.165, 1.54) is 16.2 Å². The first-order chi connectivity index (χ1) is 7.49. The molecule has 0 aromatic carbocycles. The average molecular weight is 224 g/mol. The van der Waals surface area contributed by atoms with Crippen molar-refractivity contribution in [3.8, 4) is 6.01 Å². The van der Waals surface area contributed by atoms with Crippen LogP contribution in [0.4, 0.5) is 0 Å². The van der Waals surface area contributed by atoms with Crippen molar-refractivity contribution >= 4 is 11.2 Å². The second kappa shape index (κ2) is 3.22. The van der Waals surface area contributed by atoms with Gasteiger partial charge in [0.1, 0.15) is 0 Å². The molecule has 0 aliphatic heterocycles. The van der Waals surface area contributed by atoms with Crippen molar-refractivity contribution in [2.75, 3.05) is 7.11 Å². The molecule has 0 radical (unpaired) electrons. The van der Waals surface area contributed by atoms with Gasteiger partial charge in [0.15, 0.2) is 11.2 Å². The summed E-state index contributed by atoms with van der Waals surface area (Å²) in [6.45, 7) is 0. The summed E-state index contributed by atoms with van der Waals surface area (Å²) in [5, 5.41) is 0. The number of methoxy groups -OCH3 is 1. The van der Waals surface area contributed by atoms with Gasteiger partial charge >= 0.3 is 17.3 Å². The Morgan fingerprint density at radius 3 is 2.25 bits per heavy atom. The molecule has 2 heterocycles. The van der Waals surface area contributed by atoms with E-state index in [1.807, 2.05) is 0 Å². The van der Waals surface area contributed by atoms with Gasteiger partial charge in [0.25, 0.3) is 0 Å². The van der Waals surface area contributed by atoms with Gasteiger partial charge in [-0.25, -0.2) is 4.79 Å². The van der Waals surface area contributed by atoms with Gasteiger partial charge in [-0.2, -0.15) is 4.98 Å². The smallest absolute Gasteiger partial charge is 0.329 e. The van der Waals surface area contributed by atoms with Crippen molar-refractivity contribution < 1.29 is 4.74 Å². The zero-order valence-electron chi connectivity index (χ0n) is 9.51. The summed E-state index contributed by atoms with van der Waals surface area (Å²) in [4.78, 5) is 27.2. The lowest BCUT2D eigenvalue weighted by atomic mass is 10.5. The minimum atomic E-state index is -0.467. The van der Waals surface area contributed by atoms with Gasteiger partial charge in [-0.15, -0.1) is 0 Å². The zero-order chi connectivity index (χ0) is 12.0. The van der Waals surface area contributed by atoms with Crippen LogP contribution < -0.4 is 16.0 Å². The molecule has 0 saturated carbocycles. The Labute approximate surface area is 90.5 Å². The maximum Gasteiger partial charge on any atom is 0.329 e. The largest absolute Gasteiger partial charge is 0.468 e. The SMILES string of the molecule is COc1nc(=O)c2c(n1C)n(C)c(=O)n2C. The summed E-state index contributed by atoms with van der Waals surface area (Å²) in [6.07, 6.45) is 0. The Kier molecular flexibility index (Phi) is 2.11. The lowest BCUT2D eigenvalue weighted by Crippen LogP contribution is -2.20. The van der Waals surface area contributed by atoms with E-state index < -0.39 is 5.56 Å². The molecule has 0 atom stereocenters. The molecule has 7 heteroatoms. The number of rotatable bonds is 1. The average Bonchev–Trinajstić information content (AvgIpc) is 2.49. The quantitative estimate of drug-likeness (QED) is 0.621. The lowest BCUT2D eigenvalue weighted by molar-refractivity contribution is 0.361. The minimum Gasteiger partial charge on any atom is -0.468 e. The third-order valence-corrected chi connectivity index (χ3v) is 2.63. The van der Waals surface area contributed by atoms with Crippen LogP contribution in [0.1, 0.15) is 0 Å². The Bertz CT molecular complexity index is 677. The van der Waals surface area contributed by atoms with Gasteiger partial charge in [-0.1, -0.05) is 0 Å². The summed E-state index contributed by atoms with van der Waals surface area (Å²) in [6, 6.07) is 0.179. The molecule has 0 unspecified atom stereocenters. The predicted molar refractivity (Wildman–Crippen MR) is 57.7 cm³/mol. The van der Waals surface area contributed by atoms with Crippen molar-refractivity contribution in [3.05, 3.63) is 20.8 Å². The predicted octanol–water partition coefficient (Wildman–Crippen LogP) is -1.02. The van der Waals surface area contributed by atoms with Crippen molar-refractivity contribution in [1.82, 2.24) is 18.7 Å². The molecule has 0 bridgehead atoms. The van der Waals surface area contributed by atoms with E-state index in [0.29, 0.717) is 5.65 Å². The molecule has 16 heavy (non-hydrogen) atoms. The number of nitrogens with zero attached hydrogens (tertiary/aromatic N) is 4. The highest BCUT2D eigenvalue weighted by Gasteiger charge is 2.16. The molecule has 0 fully saturated rings. The molecule has 0 saturated heterocycles. The molecule has 7 nitrogen and oxygen atoms in total. The molecule has 2 rings (SSSR count). The summed E-state index contributed by atoms with van der Waals surface area (Å²) >= 11 is 0. The highest BCUT2D eigenvalue weighted by molar-refractivity contribution is 5.71. The first kappa shape index (κ1) is 10.5. The number of fused-ring (bicyclic) bond motifs is 1. The highest BCUT2D eigenvalue weighted by atomic mass is 16.5. The second-order valence-corrected chi connectivity index (χ2v) is 3.54. The fourth-order valence-electron chi connectivity index (χ4n) is 1.83. The van der Waals surface area contributed by atoms with Crippen LogP contribution in [0.2, 0.25) is 0 Å². The van der Waals surface area contributed by atoms with Crippen molar-refractivity contribution in [2.24, 2.45) is 21.1 Å². The van der Waals surface area contributed by atoms with E-state index in [0.717, 1.165) is 0 Å². The fraction of sp³-hybridized carbons (Fsp3) is 0.444. The standard InChI is InChI=1S/C9H12N4O3/c1-11-5-6(14)10-8(16-4)12(2)7(5)13(3)9(11)15/h1-4H3. The van der Waals surface area contributed by atoms with E-state index in [9.17, 15) is 9.59 Å². The molecule has 0 amide bonds. The van der Waals surface area contributed by atoms with Crippen LogP contribution in [0.5, 0.6) is 6.01 Å². The van der Waals surface area contributed by atoms with E-state index in [2.05, 4.69) is 4.98 Å². The van der Waals surface area contributed by atoms with Crippen molar-refractivity contribution in [2.45, 2.75) is 0 Å². The Balaban J connectivity index is 3.15. The maximum absolute atomic E-state index is 11.7. The summed E-state index contributed by atoms with van der Waals surface area (Å²) < 4.78 is 9.20. The molecule has 0 spiro atoms. The number of hydrogen-bond donors (Lipinski definition) is 0. The van der Waals surface area contributed by atoms with Crippen LogP contribution in [0.3, 0.4) is 0 Å². The topological polar surface area (TPSA) is 71.1 Å². The van der Waals surface area contributed by atoms with Crippen LogP contribution in [-0.4, -0.2) is 25.8 Å². The fourth-order valence-corrected chi connectivity index (χ4v) is 1.83. The van der Waals surface area contributed by atoms with E-state index in [4.69, 9.17) is 4.74 Å². The van der Waals surface area contributed by atoms with Gasteiger partial charge in [-0.3, -0.25) is 18.5 Å². The van der Waals surface area contributed by atoms with Crippen LogP contribution in [0.15, 0.2) is 9.59 Å². The van der Waals surface area contributed by atoms with Gasteiger partial charge in [-0.05, 0) is 0 Å². The molecule has 2 aromatic rings. The molecule has 0 N–H and O–H groups in total. The molecule has 0 aliphatic rings. The van der Waals surface area contributed by atoms with Crippen LogP contribution in [-0.2, 0) is 21.1 Å². The normalized spacial score (nSPS) is 11.0. The van der Waals surface area contributed by atoms with Crippen molar-refractivity contribution in [1.29, 1.82) is 0 Å². The Morgan fingerprint density at radius 2 is 1.69 bits per heavy atom. The summed E-state index contributed by atoms with van der Waals surface area (Å²) in [5.41, 5.74) is 0.0306. The number of ether oxygens (including phenoxy) is 1. The van der Waals surface area contributed by atoms with Gasteiger partial charge < -0.3 is 4.74 Å². The number of aryl methyl sites for hydroxylation is 3. The number of hydrogen-bond acceptors (Lipinski definition) is 4. The van der Waals surface area contributed by atoms with Gasteiger partial charge in [0.2, 0.25) is 0 Å². The number of aromatic nitrogens is 4. The molecule has 0 aliphatic carbocycles. The van der Waals surface area contributed by atoms with Gasteiger partial charge in [0, 0.05) is 21.1 Å². The van der Waals surface area contributed by atoms with Crippen LogP contribution in [0, 0.1) is 0 Å². The minimum absolute atomic E-state index is 0.179. The third-order valence-electron chi connectivity index (χ3n) is 2.63. The van der Waals surface area contributed by atoms with Crippen molar-refractivity contribution in [3.63, 3.8) is 0 Å².